The number of carbonyl (C=O) groups excluding carboxylic acids is 1. The summed E-state index contributed by atoms with van der Waals surface area (Å²) >= 11 is 0. The first-order valence-corrected chi connectivity index (χ1v) is 6.60. The topological polar surface area (TPSA) is 47.6 Å². The number of amides is 1. The second kappa shape index (κ2) is 8.23. The molecule has 0 saturated carbocycles. The summed E-state index contributed by atoms with van der Waals surface area (Å²) in [4.78, 5) is 17.3. The number of hydrogen-bond acceptors (Lipinski definition) is 3. The Morgan fingerprint density at radius 3 is 2.40 bits per heavy atom. The summed E-state index contributed by atoms with van der Waals surface area (Å²) < 4.78 is 4.74. The minimum Gasteiger partial charge on any atom is -0.450 e. The first kappa shape index (κ1) is 16.1. The lowest BCUT2D eigenvalue weighted by Crippen LogP contribution is -2.34. The fourth-order valence-electron chi connectivity index (χ4n) is 1.50. The van der Waals surface area contributed by atoms with Crippen LogP contribution in [0.3, 0.4) is 0 Å². The normalized spacial score (nSPS) is 13.1. The number of benzene rings is 1. The summed E-state index contributed by atoms with van der Waals surface area (Å²) in [5, 5.41) is 0. The second-order valence-electron chi connectivity index (χ2n) is 4.89. The molecule has 1 N–H and O–H groups in total. The van der Waals surface area contributed by atoms with Gasteiger partial charge in [0.1, 0.15) is 6.11 Å². The van der Waals surface area contributed by atoms with Crippen molar-refractivity contribution >= 4 is 5.91 Å². The molecular weight excluding hydrogens is 254 g/mol. The van der Waals surface area contributed by atoms with Gasteiger partial charge in [-0.3, -0.25) is 9.63 Å². The van der Waals surface area contributed by atoms with Crippen LogP contribution in [0, 0.1) is 23.9 Å². The van der Waals surface area contributed by atoms with Gasteiger partial charge in [-0.15, -0.1) is 0 Å². The zero-order valence-electron chi connectivity index (χ0n) is 12.3. The van der Waals surface area contributed by atoms with Gasteiger partial charge in [-0.05, 0) is 29.9 Å². The molecule has 1 unspecified atom stereocenters. The molecule has 1 amide bonds. The molecule has 1 rings (SSSR count). The van der Waals surface area contributed by atoms with E-state index in [0.29, 0.717) is 11.5 Å². The molecule has 0 aliphatic carbocycles. The van der Waals surface area contributed by atoms with E-state index in [1.54, 1.807) is 24.3 Å². The highest BCUT2D eigenvalue weighted by molar-refractivity contribution is 5.93. The molecule has 0 saturated heterocycles. The molecular formula is C16H21NO3. The standard InChI is InChI=1S/C16H21NO3/c1-12(2)13(3)15(10-11-19-4)20-17-16(18)14-8-6-5-7-9-14/h5-9,12-13,15H,1-4H3,(H,17,18)/t13-,15?/m0/s1. The average Bonchev–Trinajstić information content (AvgIpc) is 2.47. The average molecular weight is 275 g/mol. The summed E-state index contributed by atoms with van der Waals surface area (Å²) in [6.45, 7) is 6.18. The van der Waals surface area contributed by atoms with E-state index in [1.807, 2.05) is 13.0 Å². The van der Waals surface area contributed by atoms with Gasteiger partial charge in [0.25, 0.3) is 5.91 Å². The zero-order chi connectivity index (χ0) is 15.0. The molecule has 1 aromatic carbocycles. The van der Waals surface area contributed by atoms with Gasteiger partial charge in [0, 0.05) is 5.56 Å². The van der Waals surface area contributed by atoms with Gasteiger partial charge in [0.15, 0.2) is 6.10 Å². The number of hydrogen-bond donors (Lipinski definition) is 1. The SMILES string of the molecule is COC#CC(ONC(=O)c1ccccc1)[C@@H](C)C(C)C. The van der Waals surface area contributed by atoms with E-state index in [4.69, 9.17) is 9.57 Å². The highest BCUT2D eigenvalue weighted by atomic mass is 16.7. The molecule has 108 valence electrons. The molecule has 0 spiro atoms. The van der Waals surface area contributed by atoms with Gasteiger partial charge in [-0.1, -0.05) is 39.0 Å². The number of methoxy groups -OCH3 is 1. The van der Waals surface area contributed by atoms with Gasteiger partial charge in [-0.25, -0.2) is 5.48 Å². The van der Waals surface area contributed by atoms with E-state index in [1.165, 1.54) is 7.11 Å². The summed E-state index contributed by atoms with van der Waals surface area (Å²) in [6, 6.07) is 8.90. The Morgan fingerprint density at radius 2 is 1.85 bits per heavy atom. The third-order valence-corrected chi connectivity index (χ3v) is 3.15. The molecule has 0 radical (unpaired) electrons. The Bertz CT molecular complexity index is 473. The van der Waals surface area contributed by atoms with Crippen LogP contribution >= 0.6 is 0 Å². The maximum atomic E-state index is 11.9. The Hall–Kier alpha value is -1.99. The lowest BCUT2D eigenvalue weighted by atomic mass is 9.93. The van der Waals surface area contributed by atoms with E-state index < -0.39 is 6.10 Å². The molecule has 1 aromatic rings. The summed E-state index contributed by atoms with van der Waals surface area (Å²) in [5.41, 5.74) is 2.99. The third-order valence-electron chi connectivity index (χ3n) is 3.15. The molecule has 4 heteroatoms. The zero-order valence-corrected chi connectivity index (χ0v) is 12.3. The highest BCUT2D eigenvalue weighted by Gasteiger charge is 2.21. The number of hydroxylamine groups is 1. The monoisotopic (exact) mass is 275 g/mol. The molecule has 2 atom stereocenters. The second-order valence-corrected chi connectivity index (χ2v) is 4.89. The number of rotatable bonds is 5. The molecule has 0 fully saturated rings. The first-order valence-electron chi connectivity index (χ1n) is 6.60. The van der Waals surface area contributed by atoms with Crippen LogP contribution in [0.15, 0.2) is 30.3 Å². The van der Waals surface area contributed by atoms with Gasteiger partial charge in [-0.2, -0.15) is 0 Å². The van der Waals surface area contributed by atoms with Gasteiger partial charge in [0.2, 0.25) is 0 Å². The minimum absolute atomic E-state index is 0.161. The Kier molecular flexibility index (Phi) is 6.61. The fraction of sp³-hybridized carbons (Fsp3) is 0.438. The fourth-order valence-corrected chi connectivity index (χ4v) is 1.50. The van der Waals surface area contributed by atoms with E-state index >= 15 is 0 Å². The number of nitrogens with one attached hydrogen (secondary N) is 1. The quantitative estimate of drug-likeness (QED) is 0.664. The molecule has 4 nitrogen and oxygen atoms in total. The number of ether oxygens (including phenoxy) is 1. The van der Waals surface area contributed by atoms with E-state index in [0.717, 1.165) is 0 Å². The van der Waals surface area contributed by atoms with Gasteiger partial charge in [0.05, 0.1) is 7.11 Å². The third kappa shape index (κ3) is 4.94. The molecule has 0 aliphatic heterocycles. The van der Waals surface area contributed by atoms with Crippen LogP contribution in [-0.4, -0.2) is 19.1 Å². The lowest BCUT2D eigenvalue weighted by Gasteiger charge is -2.22. The van der Waals surface area contributed by atoms with Crippen molar-refractivity contribution < 1.29 is 14.4 Å². The van der Waals surface area contributed by atoms with Gasteiger partial charge < -0.3 is 4.74 Å². The van der Waals surface area contributed by atoms with Crippen molar-refractivity contribution in [3.63, 3.8) is 0 Å². The van der Waals surface area contributed by atoms with Crippen LogP contribution in [0.2, 0.25) is 0 Å². The predicted octanol–water partition coefficient (Wildman–Crippen LogP) is 2.62. The van der Waals surface area contributed by atoms with Crippen LogP contribution in [0.25, 0.3) is 0 Å². The molecule has 0 heterocycles. The summed E-state index contributed by atoms with van der Waals surface area (Å²) in [7, 11) is 1.49. The van der Waals surface area contributed by atoms with Crippen molar-refractivity contribution in [2.45, 2.75) is 26.9 Å². The molecule has 20 heavy (non-hydrogen) atoms. The predicted molar refractivity (Wildman–Crippen MR) is 77.6 cm³/mol. The summed E-state index contributed by atoms with van der Waals surface area (Å²) in [5.74, 6) is 3.10. The van der Waals surface area contributed by atoms with Crippen molar-refractivity contribution in [3.8, 4) is 12.0 Å². The largest absolute Gasteiger partial charge is 0.450 e. The van der Waals surface area contributed by atoms with Crippen molar-refractivity contribution in [2.75, 3.05) is 7.11 Å². The van der Waals surface area contributed by atoms with Crippen molar-refractivity contribution in [3.05, 3.63) is 35.9 Å². The molecule has 0 aliphatic rings. The van der Waals surface area contributed by atoms with Crippen LogP contribution in [0.5, 0.6) is 0 Å². The number of carbonyl (C=O) groups is 1. The Labute approximate surface area is 120 Å². The Balaban J connectivity index is 2.65. The molecule has 0 aromatic heterocycles. The van der Waals surface area contributed by atoms with Crippen LogP contribution < -0.4 is 5.48 Å². The van der Waals surface area contributed by atoms with Crippen molar-refractivity contribution in [1.29, 1.82) is 0 Å². The smallest absolute Gasteiger partial charge is 0.274 e. The van der Waals surface area contributed by atoms with Crippen LogP contribution in [0.4, 0.5) is 0 Å². The van der Waals surface area contributed by atoms with Crippen LogP contribution in [-0.2, 0) is 9.57 Å². The Morgan fingerprint density at radius 1 is 1.20 bits per heavy atom. The van der Waals surface area contributed by atoms with Gasteiger partial charge >= 0.3 is 0 Å². The summed E-state index contributed by atoms with van der Waals surface area (Å²) in [6.07, 6.45) is 2.11. The van der Waals surface area contributed by atoms with Crippen LogP contribution in [0.1, 0.15) is 31.1 Å². The lowest BCUT2D eigenvalue weighted by molar-refractivity contribution is -0.0204. The minimum atomic E-state index is -0.414. The maximum absolute atomic E-state index is 11.9. The first-order chi connectivity index (χ1) is 9.56. The maximum Gasteiger partial charge on any atom is 0.274 e. The van der Waals surface area contributed by atoms with Crippen molar-refractivity contribution in [2.24, 2.45) is 11.8 Å². The highest BCUT2D eigenvalue weighted by Crippen LogP contribution is 2.16. The van der Waals surface area contributed by atoms with E-state index in [-0.39, 0.29) is 11.8 Å². The van der Waals surface area contributed by atoms with E-state index in [9.17, 15) is 4.79 Å². The molecule has 0 bridgehead atoms. The van der Waals surface area contributed by atoms with Crippen molar-refractivity contribution in [1.82, 2.24) is 5.48 Å². The van der Waals surface area contributed by atoms with E-state index in [2.05, 4.69) is 31.4 Å².